The van der Waals surface area contributed by atoms with Crippen LogP contribution in [0.2, 0.25) is 0 Å². The fourth-order valence-electron chi connectivity index (χ4n) is 1.01. The number of pyridine rings is 1. The number of hydrogen-bond acceptors (Lipinski definition) is 5. The summed E-state index contributed by atoms with van der Waals surface area (Å²) in [6.45, 7) is 0. The summed E-state index contributed by atoms with van der Waals surface area (Å²) >= 11 is 0. The van der Waals surface area contributed by atoms with Crippen molar-refractivity contribution in [1.29, 1.82) is 0 Å². The van der Waals surface area contributed by atoms with Crippen molar-refractivity contribution < 1.29 is 14.2 Å². The van der Waals surface area contributed by atoms with Gasteiger partial charge >= 0.3 is 0 Å². The van der Waals surface area contributed by atoms with E-state index in [2.05, 4.69) is 4.98 Å². The van der Waals surface area contributed by atoms with Gasteiger partial charge in [0.25, 0.3) is 5.88 Å². The second-order valence-electron chi connectivity index (χ2n) is 2.29. The largest absolute Gasteiger partial charge is 0.491 e. The highest BCUT2D eigenvalue weighted by Crippen LogP contribution is 2.38. The number of ether oxygens (including phenoxy) is 3. The summed E-state index contributed by atoms with van der Waals surface area (Å²) < 4.78 is 15.0. The average Bonchev–Trinajstić information content (AvgIpc) is 2.17. The SMILES string of the molecule is COc1ncc(N)c(OC)c1OC. The first-order valence-electron chi connectivity index (χ1n) is 3.65. The van der Waals surface area contributed by atoms with Crippen molar-refractivity contribution >= 4 is 5.69 Å². The summed E-state index contributed by atoms with van der Waals surface area (Å²) in [5.41, 5.74) is 6.02. The quantitative estimate of drug-likeness (QED) is 0.748. The molecule has 0 radical (unpaired) electrons. The molecule has 0 aliphatic rings. The van der Waals surface area contributed by atoms with Crippen molar-refractivity contribution in [2.75, 3.05) is 27.1 Å². The minimum atomic E-state index is 0.355. The molecular formula is C8H12N2O3. The van der Waals surface area contributed by atoms with Crippen LogP contribution in [0.5, 0.6) is 17.4 Å². The first-order chi connectivity index (χ1) is 6.24. The average molecular weight is 184 g/mol. The molecule has 0 spiro atoms. The van der Waals surface area contributed by atoms with Crippen LogP contribution >= 0.6 is 0 Å². The predicted octanol–water partition coefficient (Wildman–Crippen LogP) is 0.690. The Hall–Kier alpha value is -1.65. The maximum atomic E-state index is 5.61. The Kier molecular flexibility index (Phi) is 2.79. The molecule has 5 heteroatoms. The van der Waals surface area contributed by atoms with E-state index in [1.165, 1.54) is 27.5 Å². The lowest BCUT2D eigenvalue weighted by molar-refractivity contribution is 0.317. The van der Waals surface area contributed by atoms with Crippen molar-refractivity contribution in [2.45, 2.75) is 0 Å². The number of anilines is 1. The highest BCUT2D eigenvalue weighted by molar-refractivity contribution is 5.62. The maximum Gasteiger partial charge on any atom is 0.260 e. The summed E-state index contributed by atoms with van der Waals surface area (Å²) in [6, 6.07) is 0. The molecule has 0 atom stereocenters. The Balaban J connectivity index is 3.27. The molecule has 5 nitrogen and oxygen atoms in total. The Morgan fingerprint density at radius 3 is 2.15 bits per heavy atom. The van der Waals surface area contributed by atoms with Gasteiger partial charge in [-0.1, -0.05) is 0 Å². The fraction of sp³-hybridized carbons (Fsp3) is 0.375. The molecule has 72 valence electrons. The van der Waals surface area contributed by atoms with Crippen LogP contribution in [0.1, 0.15) is 0 Å². The third kappa shape index (κ3) is 1.58. The van der Waals surface area contributed by atoms with E-state index >= 15 is 0 Å². The van der Waals surface area contributed by atoms with Gasteiger partial charge in [0.2, 0.25) is 5.75 Å². The molecule has 0 unspecified atom stereocenters. The number of nitrogens with zero attached hydrogens (tertiary/aromatic N) is 1. The first kappa shape index (κ1) is 9.44. The molecule has 13 heavy (non-hydrogen) atoms. The Morgan fingerprint density at radius 2 is 1.69 bits per heavy atom. The van der Waals surface area contributed by atoms with Crippen molar-refractivity contribution in [1.82, 2.24) is 4.98 Å². The van der Waals surface area contributed by atoms with Crippen LogP contribution < -0.4 is 19.9 Å². The molecule has 0 aliphatic heterocycles. The lowest BCUT2D eigenvalue weighted by Crippen LogP contribution is -2.00. The zero-order chi connectivity index (χ0) is 9.84. The van der Waals surface area contributed by atoms with Gasteiger partial charge in [0, 0.05) is 0 Å². The highest BCUT2D eigenvalue weighted by Gasteiger charge is 2.14. The molecular weight excluding hydrogens is 172 g/mol. The monoisotopic (exact) mass is 184 g/mol. The molecule has 1 heterocycles. The highest BCUT2D eigenvalue weighted by atomic mass is 16.5. The molecule has 0 saturated carbocycles. The van der Waals surface area contributed by atoms with Crippen LogP contribution in [-0.2, 0) is 0 Å². The topological polar surface area (TPSA) is 66.6 Å². The van der Waals surface area contributed by atoms with Crippen LogP contribution in [0.3, 0.4) is 0 Å². The first-order valence-corrected chi connectivity index (χ1v) is 3.65. The molecule has 0 saturated heterocycles. The minimum Gasteiger partial charge on any atom is -0.491 e. The van der Waals surface area contributed by atoms with Gasteiger partial charge in [-0.05, 0) is 0 Å². The fourth-order valence-corrected chi connectivity index (χ4v) is 1.01. The molecule has 0 amide bonds. The number of rotatable bonds is 3. The molecule has 1 aromatic rings. The van der Waals surface area contributed by atoms with E-state index in [9.17, 15) is 0 Å². The normalized spacial score (nSPS) is 9.46. The zero-order valence-electron chi connectivity index (χ0n) is 7.83. The summed E-state index contributed by atoms with van der Waals surface area (Å²) in [5.74, 6) is 1.20. The Morgan fingerprint density at radius 1 is 1.08 bits per heavy atom. The molecule has 1 aromatic heterocycles. The molecule has 0 aliphatic carbocycles. The Labute approximate surface area is 76.4 Å². The summed E-state index contributed by atoms with van der Waals surface area (Å²) in [5, 5.41) is 0. The standard InChI is InChI=1S/C8H12N2O3/c1-11-6-5(9)4-10-8(13-3)7(6)12-2/h4H,9H2,1-3H3. The number of hydrogen-bond donors (Lipinski definition) is 1. The van der Waals surface area contributed by atoms with E-state index in [0.29, 0.717) is 23.1 Å². The van der Waals surface area contributed by atoms with Crippen LogP contribution in [-0.4, -0.2) is 26.3 Å². The van der Waals surface area contributed by atoms with Gasteiger partial charge in [-0.15, -0.1) is 0 Å². The maximum absolute atomic E-state index is 5.61. The Bertz CT molecular complexity index is 302. The molecule has 1 rings (SSSR count). The van der Waals surface area contributed by atoms with E-state index in [0.717, 1.165) is 0 Å². The van der Waals surface area contributed by atoms with Gasteiger partial charge in [-0.25, -0.2) is 4.98 Å². The van der Waals surface area contributed by atoms with Crippen molar-refractivity contribution in [3.05, 3.63) is 6.20 Å². The molecule has 0 fully saturated rings. The van der Waals surface area contributed by atoms with Crippen molar-refractivity contribution in [3.63, 3.8) is 0 Å². The van der Waals surface area contributed by atoms with Crippen LogP contribution in [0, 0.1) is 0 Å². The van der Waals surface area contributed by atoms with E-state index in [1.807, 2.05) is 0 Å². The smallest absolute Gasteiger partial charge is 0.260 e. The van der Waals surface area contributed by atoms with Gasteiger partial charge in [-0.2, -0.15) is 0 Å². The molecule has 0 bridgehead atoms. The summed E-state index contributed by atoms with van der Waals surface area (Å²) in [4.78, 5) is 3.92. The van der Waals surface area contributed by atoms with Crippen LogP contribution in [0.15, 0.2) is 6.20 Å². The van der Waals surface area contributed by atoms with E-state index in [4.69, 9.17) is 19.9 Å². The second-order valence-corrected chi connectivity index (χ2v) is 2.29. The second kappa shape index (κ2) is 3.84. The zero-order valence-corrected chi connectivity index (χ0v) is 7.83. The minimum absolute atomic E-state index is 0.355. The summed E-state index contributed by atoms with van der Waals surface area (Å²) in [7, 11) is 4.51. The van der Waals surface area contributed by atoms with Crippen molar-refractivity contribution in [2.24, 2.45) is 0 Å². The van der Waals surface area contributed by atoms with E-state index in [1.54, 1.807) is 0 Å². The van der Waals surface area contributed by atoms with Crippen LogP contribution in [0.25, 0.3) is 0 Å². The third-order valence-electron chi connectivity index (χ3n) is 1.59. The van der Waals surface area contributed by atoms with Crippen molar-refractivity contribution in [3.8, 4) is 17.4 Å². The number of methoxy groups -OCH3 is 3. The van der Waals surface area contributed by atoms with Gasteiger partial charge in [0.1, 0.15) is 0 Å². The number of nitrogen functional groups attached to an aromatic ring is 1. The van der Waals surface area contributed by atoms with Gasteiger partial charge in [-0.3, -0.25) is 0 Å². The van der Waals surface area contributed by atoms with E-state index in [-0.39, 0.29) is 0 Å². The van der Waals surface area contributed by atoms with E-state index < -0.39 is 0 Å². The van der Waals surface area contributed by atoms with Crippen LogP contribution in [0.4, 0.5) is 5.69 Å². The third-order valence-corrected chi connectivity index (χ3v) is 1.59. The summed E-state index contributed by atoms with van der Waals surface area (Å²) in [6.07, 6.45) is 1.46. The van der Waals surface area contributed by atoms with Gasteiger partial charge < -0.3 is 19.9 Å². The molecule has 2 N–H and O–H groups in total. The molecule has 0 aromatic carbocycles. The number of aromatic nitrogens is 1. The predicted molar refractivity (Wildman–Crippen MR) is 48.3 cm³/mol. The van der Waals surface area contributed by atoms with Gasteiger partial charge in [0.05, 0.1) is 33.2 Å². The lowest BCUT2D eigenvalue weighted by atomic mass is 10.3. The number of nitrogens with two attached hydrogens (primary N) is 1. The lowest BCUT2D eigenvalue weighted by Gasteiger charge is -2.11. The van der Waals surface area contributed by atoms with Gasteiger partial charge in [0.15, 0.2) is 5.75 Å².